The molecule has 2 atom stereocenters. The van der Waals surface area contributed by atoms with Gasteiger partial charge in [0.25, 0.3) is 0 Å². The van der Waals surface area contributed by atoms with Crippen LogP contribution in [-0.2, 0) is 24.3 Å². The summed E-state index contributed by atoms with van der Waals surface area (Å²) in [6.07, 6.45) is 7.61. The largest absolute Gasteiger partial charge is 0.313 e. The van der Waals surface area contributed by atoms with Gasteiger partial charge in [-0.05, 0) is 86.2 Å². The van der Waals surface area contributed by atoms with Crippen molar-refractivity contribution in [2.24, 2.45) is 5.92 Å². The van der Waals surface area contributed by atoms with E-state index in [9.17, 15) is 4.79 Å². The van der Waals surface area contributed by atoms with Gasteiger partial charge in [0.05, 0.1) is 0 Å². The van der Waals surface area contributed by atoms with E-state index in [0.29, 0.717) is 18.3 Å². The molecule has 4 rings (SSSR count). The van der Waals surface area contributed by atoms with Gasteiger partial charge in [-0.2, -0.15) is 0 Å². The number of unbranched alkanes of at least 4 members (excludes halogenated alkanes) is 1. The summed E-state index contributed by atoms with van der Waals surface area (Å²) in [5.74, 6) is 1.24. The molecule has 0 bridgehead atoms. The Morgan fingerprint density at radius 3 is 2.81 bits per heavy atom. The van der Waals surface area contributed by atoms with Crippen LogP contribution < -0.4 is 5.32 Å². The second-order valence-corrected chi connectivity index (χ2v) is 9.29. The minimum absolute atomic E-state index is 0. The predicted octanol–water partition coefficient (Wildman–Crippen LogP) is 5.85. The Morgan fingerprint density at radius 1 is 1.12 bits per heavy atom. The quantitative estimate of drug-likeness (QED) is 0.401. The summed E-state index contributed by atoms with van der Waals surface area (Å²) in [6, 6.07) is 16.2. The molecule has 5 heteroatoms. The van der Waals surface area contributed by atoms with Crippen LogP contribution in [0.2, 0.25) is 0 Å². The van der Waals surface area contributed by atoms with E-state index >= 15 is 0 Å². The van der Waals surface area contributed by atoms with E-state index in [2.05, 4.69) is 59.6 Å². The van der Waals surface area contributed by atoms with Crippen LogP contribution in [0.15, 0.2) is 42.5 Å². The van der Waals surface area contributed by atoms with E-state index in [-0.39, 0.29) is 24.8 Å². The van der Waals surface area contributed by atoms with Gasteiger partial charge < -0.3 is 10.1 Å². The molecule has 0 aromatic heterocycles. The van der Waals surface area contributed by atoms with Crippen molar-refractivity contribution in [3.05, 3.63) is 70.3 Å². The summed E-state index contributed by atoms with van der Waals surface area (Å²) in [4.78, 5) is 13.5. The summed E-state index contributed by atoms with van der Waals surface area (Å²) < 4.78 is 0. The standard InChI is InChI=1S/C27H36N2O.2ClH/c1-21-6-4-7-22(16-21)19-29-14-12-24(8-2-3-15-30)27(20-29)25-11-10-23-9-5-13-28-18-26(23)17-25;;/h4,6-7,10-11,15-17,24,27-28H,2-3,5,8-9,12-14,18-20H2,1H3;2*1H. The van der Waals surface area contributed by atoms with Gasteiger partial charge in [0.15, 0.2) is 0 Å². The van der Waals surface area contributed by atoms with Gasteiger partial charge in [-0.3, -0.25) is 4.90 Å². The highest BCUT2D eigenvalue weighted by Gasteiger charge is 2.30. The first-order chi connectivity index (χ1) is 14.7. The van der Waals surface area contributed by atoms with E-state index in [1.807, 2.05) is 0 Å². The molecule has 2 aliphatic heterocycles. The minimum Gasteiger partial charge on any atom is -0.313 e. The number of carbonyl (C=O) groups excluding carboxylic acids is 1. The molecule has 2 aromatic carbocycles. The lowest BCUT2D eigenvalue weighted by Crippen LogP contribution is -2.39. The van der Waals surface area contributed by atoms with Crippen LogP contribution >= 0.6 is 24.8 Å². The van der Waals surface area contributed by atoms with E-state index in [1.165, 1.54) is 47.1 Å². The minimum atomic E-state index is 0. The Labute approximate surface area is 206 Å². The molecule has 1 N–H and O–H groups in total. The number of nitrogens with one attached hydrogen (secondary N) is 1. The zero-order valence-electron chi connectivity index (χ0n) is 19.2. The number of nitrogens with zero attached hydrogens (tertiary/aromatic N) is 1. The molecule has 2 aliphatic rings. The maximum Gasteiger partial charge on any atom is 0.119 e. The maximum absolute atomic E-state index is 10.9. The Morgan fingerprint density at radius 2 is 2.00 bits per heavy atom. The number of piperidine rings is 1. The fraction of sp³-hybridized carbons (Fsp3) is 0.519. The smallest absolute Gasteiger partial charge is 0.119 e. The number of hydrogen-bond donors (Lipinski definition) is 1. The third-order valence-corrected chi connectivity index (χ3v) is 7.00. The molecule has 1 saturated heterocycles. The molecule has 0 spiro atoms. The Bertz CT molecular complexity index is 857. The van der Waals surface area contributed by atoms with Gasteiger partial charge in [-0.25, -0.2) is 0 Å². The molecule has 3 nitrogen and oxygen atoms in total. The molecule has 0 aliphatic carbocycles. The molecule has 2 unspecified atom stereocenters. The summed E-state index contributed by atoms with van der Waals surface area (Å²) in [5.41, 5.74) is 7.27. The number of rotatable bonds is 7. The molecule has 176 valence electrons. The number of benzene rings is 2. The highest BCUT2D eigenvalue weighted by molar-refractivity contribution is 5.85. The molecule has 1 fully saturated rings. The van der Waals surface area contributed by atoms with Crippen LogP contribution in [0.4, 0.5) is 0 Å². The predicted molar refractivity (Wildman–Crippen MR) is 138 cm³/mol. The summed E-state index contributed by atoms with van der Waals surface area (Å²) in [5, 5.41) is 3.58. The average Bonchev–Trinajstić information content (AvgIpc) is 3.00. The second-order valence-electron chi connectivity index (χ2n) is 9.29. The van der Waals surface area contributed by atoms with Crippen molar-refractivity contribution in [1.82, 2.24) is 10.2 Å². The number of fused-ring (bicyclic) bond motifs is 1. The average molecular weight is 478 g/mol. The summed E-state index contributed by atoms with van der Waals surface area (Å²) in [7, 11) is 0. The zero-order valence-corrected chi connectivity index (χ0v) is 20.9. The van der Waals surface area contributed by atoms with Gasteiger partial charge in [0.2, 0.25) is 0 Å². The molecule has 32 heavy (non-hydrogen) atoms. The van der Waals surface area contributed by atoms with Crippen molar-refractivity contribution in [1.29, 1.82) is 0 Å². The van der Waals surface area contributed by atoms with Crippen molar-refractivity contribution >= 4 is 31.1 Å². The van der Waals surface area contributed by atoms with E-state index in [0.717, 1.165) is 51.9 Å². The van der Waals surface area contributed by atoms with Gasteiger partial charge in [0.1, 0.15) is 6.29 Å². The molecule has 0 radical (unpaired) electrons. The highest BCUT2D eigenvalue weighted by Crippen LogP contribution is 2.37. The molecule has 2 heterocycles. The van der Waals surface area contributed by atoms with E-state index in [1.54, 1.807) is 0 Å². The van der Waals surface area contributed by atoms with Gasteiger partial charge in [-0.1, -0.05) is 48.0 Å². The van der Waals surface area contributed by atoms with Crippen molar-refractivity contribution in [2.75, 3.05) is 19.6 Å². The maximum atomic E-state index is 10.9. The van der Waals surface area contributed by atoms with Crippen molar-refractivity contribution in [3.63, 3.8) is 0 Å². The van der Waals surface area contributed by atoms with E-state index in [4.69, 9.17) is 0 Å². The number of carbonyl (C=O) groups is 1. The Balaban J connectivity index is 0.00000181. The van der Waals surface area contributed by atoms with Crippen LogP contribution in [0.5, 0.6) is 0 Å². The Kier molecular flexibility index (Phi) is 11.2. The van der Waals surface area contributed by atoms with Crippen LogP contribution in [0.1, 0.15) is 65.8 Å². The topological polar surface area (TPSA) is 32.3 Å². The van der Waals surface area contributed by atoms with Gasteiger partial charge >= 0.3 is 0 Å². The van der Waals surface area contributed by atoms with Crippen LogP contribution in [0, 0.1) is 12.8 Å². The van der Waals surface area contributed by atoms with E-state index < -0.39 is 0 Å². The normalized spacial score (nSPS) is 20.9. The third-order valence-electron chi connectivity index (χ3n) is 7.00. The third kappa shape index (κ3) is 7.05. The second kappa shape index (κ2) is 13.3. The van der Waals surface area contributed by atoms with Crippen molar-refractivity contribution in [2.45, 2.75) is 64.5 Å². The first-order valence-corrected chi connectivity index (χ1v) is 11.8. The Hall–Kier alpha value is -1.39. The number of hydrogen-bond acceptors (Lipinski definition) is 3. The monoisotopic (exact) mass is 476 g/mol. The fourth-order valence-corrected chi connectivity index (χ4v) is 5.38. The lowest BCUT2D eigenvalue weighted by atomic mass is 9.77. The highest BCUT2D eigenvalue weighted by atomic mass is 35.5. The first kappa shape index (κ1) is 26.9. The molecular formula is C27H38Cl2N2O. The van der Waals surface area contributed by atoms with Crippen molar-refractivity contribution < 1.29 is 4.79 Å². The number of likely N-dealkylation sites (tertiary alicyclic amines) is 1. The molecule has 0 saturated carbocycles. The number of aldehydes is 1. The lowest BCUT2D eigenvalue weighted by molar-refractivity contribution is -0.108. The number of aryl methyl sites for hydroxylation is 2. The van der Waals surface area contributed by atoms with Crippen molar-refractivity contribution in [3.8, 4) is 0 Å². The first-order valence-electron chi connectivity index (χ1n) is 11.8. The zero-order chi connectivity index (χ0) is 20.8. The summed E-state index contributed by atoms with van der Waals surface area (Å²) in [6.45, 7) is 7.60. The van der Waals surface area contributed by atoms with Crippen LogP contribution in [-0.4, -0.2) is 30.8 Å². The van der Waals surface area contributed by atoms with Crippen LogP contribution in [0.25, 0.3) is 0 Å². The molecular weight excluding hydrogens is 439 g/mol. The fourth-order valence-electron chi connectivity index (χ4n) is 5.38. The van der Waals surface area contributed by atoms with Gasteiger partial charge in [0, 0.05) is 26.1 Å². The van der Waals surface area contributed by atoms with Crippen LogP contribution in [0.3, 0.4) is 0 Å². The van der Waals surface area contributed by atoms with Gasteiger partial charge in [-0.15, -0.1) is 24.8 Å². The SMILES string of the molecule is Cc1cccc(CN2CCC(CCCC=O)C(c3ccc4c(c3)CNCCC4)C2)c1.Cl.Cl. The molecule has 2 aromatic rings. The summed E-state index contributed by atoms with van der Waals surface area (Å²) >= 11 is 0. The molecule has 0 amide bonds. The lowest BCUT2D eigenvalue weighted by Gasteiger charge is -2.39. The number of halogens is 2.